The van der Waals surface area contributed by atoms with Gasteiger partial charge in [-0.05, 0) is 44.2 Å². The predicted molar refractivity (Wildman–Crippen MR) is 100 cm³/mol. The molecule has 0 N–H and O–H groups in total. The van der Waals surface area contributed by atoms with E-state index in [4.69, 9.17) is 9.47 Å². The summed E-state index contributed by atoms with van der Waals surface area (Å²) in [6, 6.07) is 15.4. The molecule has 1 saturated heterocycles. The van der Waals surface area contributed by atoms with Crippen molar-refractivity contribution >= 4 is 17.7 Å². The summed E-state index contributed by atoms with van der Waals surface area (Å²) >= 11 is 0. The second kappa shape index (κ2) is 6.63. The van der Waals surface area contributed by atoms with Crippen molar-refractivity contribution in [3.8, 4) is 11.5 Å². The van der Waals surface area contributed by atoms with Crippen molar-refractivity contribution in [2.45, 2.75) is 19.9 Å². The summed E-state index contributed by atoms with van der Waals surface area (Å²) in [5.74, 6) is 1.71. The van der Waals surface area contributed by atoms with Crippen molar-refractivity contribution in [3.63, 3.8) is 0 Å². The molecule has 2 aromatic carbocycles. The molecule has 1 atom stereocenters. The highest BCUT2D eigenvalue weighted by atomic mass is 16.5. The zero-order valence-electron chi connectivity index (χ0n) is 15.0. The van der Waals surface area contributed by atoms with E-state index in [1.165, 1.54) is 0 Å². The first-order chi connectivity index (χ1) is 12.0. The van der Waals surface area contributed by atoms with Crippen LogP contribution in [0.4, 0.5) is 5.69 Å². The summed E-state index contributed by atoms with van der Waals surface area (Å²) in [6.07, 6.45) is 4.09. The molecule has 1 fully saturated rings. The van der Waals surface area contributed by atoms with Gasteiger partial charge in [0.2, 0.25) is 5.91 Å². The summed E-state index contributed by atoms with van der Waals surface area (Å²) in [6.45, 7) is 3.96. The molecule has 0 spiro atoms. The Hall–Kier alpha value is -2.75. The quantitative estimate of drug-likeness (QED) is 0.769. The molecule has 0 aliphatic carbocycles. The van der Waals surface area contributed by atoms with Gasteiger partial charge in [-0.25, -0.2) is 0 Å². The number of para-hydroxylation sites is 1. The van der Waals surface area contributed by atoms with E-state index >= 15 is 0 Å². The fourth-order valence-corrected chi connectivity index (χ4v) is 3.17. The second-order valence-electron chi connectivity index (χ2n) is 6.64. The average Bonchev–Trinajstić information content (AvgIpc) is 2.65. The Morgan fingerprint density at radius 1 is 1.00 bits per heavy atom. The smallest absolute Gasteiger partial charge is 0.235 e. The third-order valence-electron chi connectivity index (χ3n) is 4.74. The molecule has 25 heavy (non-hydrogen) atoms. The van der Waals surface area contributed by atoms with Crippen LogP contribution < -0.4 is 14.4 Å². The van der Waals surface area contributed by atoms with E-state index in [9.17, 15) is 4.79 Å². The van der Waals surface area contributed by atoms with E-state index in [2.05, 4.69) is 6.08 Å². The van der Waals surface area contributed by atoms with Gasteiger partial charge in [-0.15, -0.1) is 0 Å². The minimum Gasteiger partial charge on any atom is -0.497 e. The molecule has 1 aliphatic heterocycles. The first kappa shape index (κ1) is 17.1. The summed E-state index contributed by atoms with van der Waals surface area (Å²) < 4.78 is 10.6. The largest absolute Gasteiger partial charge is 0.497 e. The summed E-state index contributed by atoms with van der Waals surface area (Å²) in [5.41, 5.74) is 1.44. The zero-order chi connectivity index (χ0) is 18.0. The monoisotopic (exact) mass is 337 g/mol. The molecular weight excluding hydrogens is 314 g/mol. The van der Waals surface area contributed by atoms with E-state index in [1.54, 1.807) is 14.2 Å². The molecule has 0 radical (unpaired) electrons. The summed E-state index contributed by atoms with van der Waals surface area (Å²) in [5, 5.41) is 0. The average molecular weight is 337 g/mol. The maximum absolute atomic E-state index is 12.6. The van der Waals surface area contributed by atoms with E-state index in [0.29, 0.717) is 0 Å². The van der Waals surface area contributed by atoms with Crippen LogP contribution >= 0.6 is 0 Å². The Labute approximate surface area is 148 Å². The number of carbonyl (C=O) groups excluding carboxylic acids is 1. The van der Waals surface area contributed by atoms with Crippen LogP contribution in [0.25, 0.3) is 6.08 Å². The van der Waals surface area contributed by atoms with Crippen LogP contribution in [0.2, 0.25) is 0 Å². The van der Waals surface area contributed by atoms with Crippen molar-refractivity contribution in [2.24, 2.45) is 5.41 Å². The molecule has 130 valence electrons. The number of hydrogen-bond donors (Lipinski definition) is 0. The number of carbonyl (C=O) groups is 1. The normalized spacial score (nSPS) is 19.0. The Morgan fingerprint density at radius 2 is 1.68 bits per heavy atom. The minimum atomic E-state index is -0.432. The number of β-lactam (4-membered cyclic amide) rings is 1. The van der Waals surface area contributed by atoms with Gasteiger partial charge >= 0.3 is 0 Å². The zero-order valence-corrected chi connectivity index (χ0v) is 15.0. The van der Waals surface area contributed by atoms with Crippen LogP contribution in [0.1, 0.15) is 19.4 Å². The highest BCUT2D eigenvalue weighted by molar-refractivity contribution is 6.06. The topological polar surface area (TPSA) is 38.8 Å². The highest BCUT2D eigenvalue weighted by Crippen LogP contribution is 2.43. The van der Waals surface area contributed by atoms with Gasteiger partial charge < -0.3 is 14.4 Å². The van der Waals surface area contributed by atoms with Crippen molar-refractivity contribution in [3.05, 3.63) is 60.2 Å². The van der Waals surface area contributed by atoms with Gasteiger partial charge in [-0.3, -0.25) is 4.79 Å². The Kier molecular flexibility index (Phi) is 4.53. The summed E-state index contributed by atoms with van der Waals surface area (Å²) in [4.78, 5) is 14.4. The molecule has 3 rings (SSSR count). The van der Waals surface area contributed by atoms with E-state index in [0.717, 1.165) is 22.7 Å². The second-order valence-corrected chi connectivity index (χ2v) is 6.64. The molecule has 1 heterocycles. The number of ether oxygens (including phenoxy) is 2. The van der Waals surface area contributed by atoms with Gasteiger partial charge in [0.05, 0.1) is 25.7 Å². The van der Waals surface area contributed by atoms with Crippen LogP contribution in [0, 0.1) is 5.41 Å². The number of benzene rings is 2. The van der Waals surface area contributed by atoms with Crippen molar-refractivity contribution in [1.29, 1.82) is 0 Å². The lowest BCUT2D eigenvalue weighted by Gasteiger charge is -2.51. The number of anilines is 1. The first-order valence-electron chi connectivity index (χ1n) is 8.28. The predicted octanol–water partition coefficient (Wildman–Crippen LogP) is 4.16. The number of rotatable bonds is 5. The number of amides is 1. The van der Waals surface area contributed by atoms with Crippen LogP contribution in [0.5, 0.6) is 11.5 Å². The summed E-state index contributed by atoms with van der Waals surface area (Å²) in [7, 11) is 3.29. The lowest BCUT2D eigenvalue weighted by molar-refractivity contribution is -0.135. The van der Waals surface area contributed by atoms with Crippen molar-refractivity contribution in [1.82, 2.24) is 0 Å². The molecular formula is C21H23NO3. The Morgan fingerprint density at radius 3 is 2.32 bits per heavy atom. The van der Waals surface area contributed by atoms with Crippen LogP contribution in [0.3, 0.4) is 0 Å². The minimum absolute atomic E-state index is 0.0155. The molecule has 0 aromatic heterocycles. The lowest BCUT2D eigenvalue weighted by Crippen LogP contribution is -2.66. The fourth-order valence-electron chi connectivity index (χ4n) is 3.17. The molecule has 0 saturated carbocycles. The molecule has 0 bridgehead atoms. The molecule has 1 unspecified atom stereocenters. The van der Waals surface area contributed by atoms with Crippen LogP contribution in [-0.2, 0) is 4.79 Å². The highest BCUT2D eigenvalue weighted by Gasteiger charge is 2.53. The third-order valence-corrected chi connectivity index (χ3v) is 4.74. The lowest BCUT2D eigenvalue weighted by atomic mass is 9.73. The first-order valence-corrected chi connectivity index (χ1v) is 8.28. The SMILES string of the molecule is COc1ccc(N2C(=O)C(C)(C)C2/C=C/c2ccccc2OC)cc1. The van der Waals surface area contributed by atoms with Gasteiger partial charge in [-0.1, -0.05) is 30.4 Å². The number of nitrogens with zero attached hydrogens (tertiary/aromatic N) is 1. The number of methoxy groups -OCH3 is 2. The van der Waals surface area contributed by atoms with Gasteiger partial charge in [0.25, 0.3) is 0 Å². The molecule has 4 heteroatoms. The van der Waals surface area contributed by atoms with E-state index in [1.807, 2.05) is 73.4 Å². The maximum atomic E-state index is 12.6. The Bertz CT molecular complexity index is 793. The van der Waals surface area contributed by atoms with E-state index < -0.39 is 5.41 Å². The van der Waals surface area contributed by atoms with Gasteiger partial charge in [0.1, 0.15) is 11.5 Å². The fraction of sp³-hybridized carbons (Fsp3) is 0.286. The molecule has 2 aromatic rings. The molecule has 1 aliphatic rings. The molecule has 1 amide bonds. The van der Waals surface area contributed by atoms with E-state index in [-0.39, 0.29) is 11.9 Å². The number of hydrogen-bond acceptors (Lipinski definition) is 3. The Balaban J connectivity index is 1.89. The van der Waals surface area contributed by atoms with Gasteiger partial charge in [0, 0.05) is 11.3 Å². The standard InChI is InChI=1S/C21H23NO3/c1-21(2)19(14-9-15-7-5-6-8-18(15)25-4)22(20(21)23)16-10-12-17(24-3)13-11-16/h5-14,19H,1-4H3/b14-9+. The van der Waals surface area contributed by atoms with Crippen molar-refractivity contribution in [2.75, 3.05) is 19.1 Å². The third kappa shape index (κ3) is 3.00. The van der Waals surface area contributed by atoms with Gasteiger partial charge in [0.15, 0.2) is 0 Å². The van der Waals surface area contributed by atoms with Gasteiger partial charge in [-0.2, -0.15) is 0 Å². The van der Waals surface area contributed by atoms with Crippen LogP contribution in [0.15, 0.2) is 54.6 Å². The van der Waals surface area contributed by atoms with Crippen molar-refractivity contribution < 1.29 is 14.3 Å². The maximum Gasteiger partial charge on any atom is 0.235 e. The van der Waals surface area contributed by atoms with Crippen LogP contribution in [-0.4, -0.2) is 26.2 Å². The molecule has 4 nitrogen and oxygen atoms in total.